The molecule has 1 N–H and O–H groups in total. The molecule has 0 fully saturated rings. The van der Waals surface area contributed by atoms with Crippen LogP contribution < -0.4 is 0 Å². The Balaban J connectivity index is 3.78. The summed E-state index contributed by atoms with van der Waals surface area (Å²) in [7, 11) is 0. The van der Waals surface area contributed by atoms with Crippen LogP contribution in [0.25, 0.3) is 5.57 Å². The average molecular weight is 576 g/mol. The van der Waals surface area contributed by atoms with Crippen molar-refractivity contribution in [1.82, 2.24) is 0 Å². The Labute approximate surface area is 194 Å². The van der Waals surface area contributed by atoms with Gasteiger partial charge >= 0.3 is 47.6 Å². The fourth-order valence-electron chi connectivity index (χ4n) is 2.39. The van der Waals surface area contributed by atoms with Gasteiger partial charge in [-0.1, -0.05) is 42.2 Å². The van der Waals surface area contributed by atoms with Crippen LogP contribution in [0.4, 0.5) is 74.6 Å². The van der Waals surface area contributed by atoms with Crippen LogP contribution in [0.15, 0.2) is 36.4 Å². The van der Waals surface area contributed by atoms with E-state index >= 15 is 0 Å². The van der Waals surface area contributed by atoms with E-state index in [2.05, 4.69) is 0 Å². The summed E-state index contributed by atoms with van der Waals surface area (Å²) in [5.74, 6) is -54.0. The number of hydrogen-bond acceptors (Lipinski definition) is 1. The zero-order valence-corrected chi connectivity index (χ0v) is 17.0. The molecule has 37 heavy (non-hydrogen) atoms. The Hall–Kier alpha value is -2.71. The number of alkyl halides is 17. The van der Waals surface area contributed by atoms with Crippen molar-refractivity contribution in [3.05, 3.63) is 42.0 Å². The van der Waals surface area contributed by atoms with Gasteiger partial charge in [-0.2, -0.15) is 74.6 Å². The standard InChI is InChI=1S/C19H9F17O/c20-12(21,9-11(7-4-8-37)10-5-2-1-3-6-10)13(22,23)14(24,25)15(26,27)16(28,29)17(30,31)18(32,33)19(34,35)36/h1-3,5-6,9,37H,8H2/b11-9-. The highest BCUT2D eigenvalue weighted by molar-refractivity contribution is 5.79. The number of hydrogen-bond donors (Lipinski definition) is 1. The molecule has 210 valence electrons. The van der Waals surface area contributed by atoms with Crippen molar-refractivity contribution >= 4 is 5.57 Å². The molecule has 0 amide bonds. The Morgan fingerprint density at radius 3 is 1.35 bits per heavy atom. The van der Waals surface area contributed by atoms with Gasteiger partial charge in [0.2, 0.25) is 0 Å². The lowest BCUT2D eigenvalue weighted by Gasteiger charge is -2.42. The van der Waals surface area contributed by atoms with E-state index in [0.717, 1.165) is 24.3 Å². The van der Waals surface area contributed by atoms with Crippen molar-refractivity contribution in [1.29, 1.82) is 0 Å². The highest BCUT2D eigenvalue weighted by atomic mass is 19.4. The van der Waals surface area contributed by atoms with Gasteiger partial charge in [0.05, 0.1) is 0 Å². The minimum absolute atomic E-state index is 0.643. The third kappa shape index (κ3) is 4.93. The molecule has 1 aromatic rings. The molecule has 1 rings (SSSR count). The van der Waals surface area contributed by atoms with Gasteiger partial charge in [-0.3, -0.25) is 0 Å². The molecule has 0 spiro atoms. The van der Waals surface area contributed by atoms with E-state index in [4.69, 9.17) is 5.11 Å². The monoisotopic (exact) mass is 576 g/mol. The summed E-state index contributed by atoms with van der Waals surface area (Å²) >= 11 is 0. The maximum atomic E-state index is 14.2. The van der Waals surface area contributed by atoms with E-state index < -0.39 is 71.5 Å². The van der Waals surface area contributed by atoms with Gasteiger partial charge in [0.15, 0.2) is 0 Å². The summed E-state index contributed by atoms with van der Waals surface area (Å²) in [4.78, 5) is 0. The van der Waals surface area contributed by atoms with Gasteiger partial charge in [-0.05, 0) is 5.56 Å². The molecule has 18 heteroatoms. The van der Waals surface area contributed by atoms with Gasteiger partial charge in [-0.25, -0.2) is 0 Å². The summed E-state index contributed by atoms with van der Waals surface area (Å²) in [6.45, 7) is -1.19. The second kappa shape index (κ2) is 9.55. The third-order valence-corrected chi connectivity index (χ3v) is 4.46. The van der Waals surface area contributed by atoms with Gasteiger partial charge in [0, 0.05) is 11.6 Å². The van der Waals surface area contributed by atoms with Crippen molar-refractivity contribution in [2.45, 2.75) is 47.6 Å². The van der Waals surface area contributed by atoms with Crippen molar-refractivity contribution in [2.24, 2.45) is 0 Å². The van der Waals surface area contributed by atoms with Crippen LogP contribution in [0.3, 0.4) is 0 Å². The smallest absolute Gasteiger partial charge is 0.384 e. The first-order valence-electron chi connectivity index (χ1n) is 8.87. The molecule has 0 aliphatic heterocycles. The molecule has 0 heterocycles. The summed E-state index contributed by atoms with van der Waals surface area (Å²) in [5, 5.41) is 8.59. The van der Waals surface area contributed by atoms with Crippen LogP contribution in [0, 0.1) is 11.8 Å². The first kappa shape index (κ1) is 32.3. The Morgan fingerprint density at radius 1 is 0.595 bits per heavy atom. The number of allylic oxidation sites excluding steroid dienone is 2. The van der Waals surface area contributed by atoms with Crippen molar-refractivity contribution in [3.8, 4) is 11.8 Å². The Kier molecular flexibility index (Phi) is 8.34. The lowest BCUT2D eigenvalue weighted by Crippen LogP contribution is -2.74. The topological polar surface area (TPSA) is 20.2 Å². The Bertz CT molecular complexity index is 1040. The van der Waals surface area contributed by atoms with Crippen molar-refractivity contribution in [2.75, 3.05) is 6.61 Å². The molecular formula is C19H9F17O. The van der Waals surface area contributed by atoms with Gasteiger partial charge in [0.1, 0.15) is 6.61 Å². The molecule has 0 saturated carbocycles. The van der Waals surface area contributed by atoms with E-state index in [-0.39, 0.29) is 0 Å². The molecule has 0 aliphatic carbocycles. The third-order valence-electron chi connectivity index (χ3n) is 4.46. The van der Waals surface area contributed by atoms with Crippen LogP contribution in [0.1, 0.15) is 5.56 Å². The Morgan fingerprint density at radius 2 is 0.973 bits per heavy atom. The highest BCUT2D eigenvalue weighted by Gasteiger charge is 2.95. The molecule has 0 atom stereocenters. The van der Waals surface area contributed by atoms with E-state index in [0.29, 0.717) is 0 Å². The van der Waals surface area contributed by atoms with Crippen LogP contribution in [-0.2, 0) is 0 Å². The fraction of sp³-hybridized carbons (Fsp3) is 0.474. The number of aliphatic hydroxyl groups excluding tert-OH is 1. The highest BCUT2D eigenvalue weighted by Crippen LogP contribution is 2.64. The second-order valence-corrected chi connectivity index (χ2v) is 6.95. The first-order valence-corrected chi connectivity index (χ1v) is 8.87. The number of halogens is 17. The van der Waals surface area contributed by atoms with E-state index in [1.54, 1.807) is 5.92 Å². The molecular weight excluding hydrogens is 567 g/mol. The van der Waals surface area contributed by atoms with Crippen LogP contribution in [0.5, 0.6) is 0 Å². The fourth-order valence-corrected chi connectivity index (χ4v) is 2.39. The lowest BCUT2D eigenvalue weighted by molar-refractivity contribution is -0.459. The van der Waals surface area contributed by atoms with Crippen molar-refractivity contribution in [3.63, 3.8) is 0 Å². The molecule has 0 unspecified atom stereocenters. The van der Waals surface area contributed by atoms with Gasteiger partial charge in [-0.15, -0.1) is 0 Å². The molecule has 1 aromatic carbocycles. The quantitative estimate of drug-likeness (QED) is 0.259. The van der Waals surface area contributed by atoms with Crippen molar-refractivity contribution < 1.29 is 79.7 Å². The molecule has 0 aliphatic rings. The maximum Gasteiger partial charge on any atom is 0.460 e. The van der Waals surface area contributed by atoms with Crippen LogP contribution in [0.2, 0.25) is 0 Å². The summed E-state index contributed by atoms with van der Waals surface area (Å²) < 4.78 is 227. The van der Waals surface area contributed by atoms with Crippen LogP contribution in [-0.4, -0.2) is 59.3 Å². The molecule has 0 bridgehead atoms. The predicted molar refractivity (Wildman–Crippen MR) is 90.0 cm³/mol. The number of rotatable bonds is 8. The van der Waals surface area contributed by atoms with Crippen LogP contribution >= 0.6 is 0 Å². The normalized spacial score (nSPS) is 15.4. The largest absolute Gasteiger partial charge is 0.460 e. The minimum atomic E-state index is -8.69. The maximum absolute atomic E-state index is 14.2. The average Bonchev–Trinajstić information content (AvgIpc) is 2.75. The first-order chi connectivity index (χ1) is 16.3. The second-order valence-electron chi connectivity index (χ2n) is 6.95. The van der Waals surface area contributed by atoms with E-state index in [1.165, 1.54) is 12.0 Å². The molecule has 0 aromatic heterocycles. The SMILES string of the molecule is OCC#C/C(=C/C(F)(F)C(F)(F)C(F)(F)C(F)(F)C(F)(F)C(F)(F)C(F)(F)C(F)(F)F)c1ccccc1. The van der Waals surface area contributed by atoms with Gasteiger partial charge in [0.25, 0.3) is 0 Å². The number of benzene rings is 1. The molecule has 0 radical (unpaired) electrons. The number of aliphatic hydroxyl groups is 1. The zero-order valence-electron chi connectivity index (χ0n) is 17.0. The zero-order chi connectivity index (χ0) is 29.5. The summed E-state index contributed by atoms with van der Waals surface area (Å²) in [6, 6.07) is 4.76. The van der Waals surface area contributed by atoms with Gasteiger partial charge < -0.3 is 5.11 Å². The lowest BCUT2D eigenvalue weighted by atomic mass is 9.88. The predicted octanol–water partition coefficient (Wildman–Crippen LogP) is 7.08. The summed E-state index contributed by atoms with van der Waals surface area (Å²) in [5.41, 5.74) is -2.07. The van der Waals surface area contributed by atoms with E-state index in [9.17, 15) is 74.6 Å². The molecule has 1 nitrogen and oxygen atoms in total. The summed E-state index contributed by atoms with van der Waals surface area (Å²) in [6.07, 6.45) is -9.12. The molecule has 0 saturated heterocycles. The minimum Gasteiger partial charge on any atom is -0.384 e. The van der Waals surface area contributed by atoms with E-state index in [1.807, 2.05) is 0 Å².